The van der Waals surface area contributed by atoms with Gasteiger partial charge in [0.1, 0.15) is 0 Å². The normalized spacial score (nSPS) is 12.6. The Morgan fingerprint density at radius 3 is 2.75 bits per heavy atom. The maximum absolute atomic E-state index is 11.7. The third-order valence-corrected chi connectivity index (χ3v) is 2.20. The first-order valence-corrected chi connectivity index (χ1v) is 5.47. The summed E-state index contributed by atoms with van der Waals surface area (Å²) in [6.45, 7) is 6.01. The topological polar surface area (TPSA) is 68.0 Å². The van der Waals surface area contributed by atoms with Crippen LogP contribution in [0.3, 0.4) is 0 Å². The van der Waals surface area contributed by atoms with Crippen molar-refractivity contribution in [3.8, 4) is 0 Å². The van der Waals surface area contributed by atoms with Gasteiger partial charge in [-0.3, -0.25) is 9.78 Å². The van der Waals surface area contributed by atoms with Gasteiger partial charge >= 0.3 is 0 Å². The number of carbonyl (C=O) groups excluding carboxylic acids is 1. The summed E-state index contributed by atoms with van der Waals surface area (Å²) < 4.78 is 0. The molecule has 0 aliphatic heterocycles. The van der Waals surface area contributed by atoms with E-state index in [4.69, 9.17) is 5.73 Å². The van der Waals surface area contributed by atoms with Crippen LogP contribution in [0.1, 0.15) is 25.8 Å². The van der Waals surface area contributed by atoms with Gasteiger partial charge in [0.2, 0.25) is 5.91 Å². The molecule has 0 saturated carbocycles. The second-order valence-electron chi connectivity index (χ2n) is 4.48. The predicted molar refractivity (Wildman–Crippen MR) is 65.0 cm³/mol. The van der Waals surface area contributed by atoms with Crippen molar-refractivity contribution in [3.05, 3.63) is 24.0 Å². The molecule has 0 aliphatic rings. The van der Waals surface area contributed by atoms with Crippen LogP contribution in [-0.4, -0.2) is 16.9 Å². The molecule has 0 aliphatic carbocycles. The van der Waals surface area contributed by atoms with Gasteiger partial charge in [-0.05, 0) is 30.9 Å². The number of hydrogen-bond donors (Lipinski definition) is 2. The quantitative estimate of drug-likeness (QED) is 0.813. The fraction of sp³-hybridized carbons (Fsp3) is 0.500. The summed E-state index contributed by atoms with van der Waals surface area (Å²) in [7, 11) is 0. The Bertz CT molecular complexity index is 363. The SMILES string of the molecule is Cc1cncc(NC(=O)[C@@H](N)CC(C)C)c1. The van der Waals surface area contributed by atoms with E-state index in [9.17, 15) is 4.79 Å². The second kappa shape index (κ2) is 5.61. The van der Waals surface area contributed by atoms with Crippen LogP contribution < -0.4 is 11.1 Å². The van der Waals surface area contributed by atoms with Crippen LogP contribution >= 0.6 is 0 Å². The molecule has 1 aromatic rings. The molecular formula is C12H19N3O. The molecule has 1 amide bonds. The molecule has 1 rings (SSSR count). The third kappa shape index (κ3) is 3.98. The summed E-state index contributed by atoms with van der Waals surface area (Å²) in [5.41, 5.74) is 7.48. The number of rotatable bonds is 4. The molecule has 0 bridgehead atoms. The summed E-state index contributed by atoms with van der Waals surface area (Å²) in [5, 5.41) is 2.76. The summed E-state index contributed by atoms with van der Waals surface area (Å²) in [5.74, 6) is 0.262. The molecule has 1 atom stereocenters. The van der Waals surface area contributed by atoms with E-state index in [1.807, 2.05) is 26.8 Å². The predicted octanol–water partition coefficient (Wildman–Crippen LogP) is 1.70. The van der Waals surface area contributed by atoms with E-state index in [-0.39, 0.29) is 5.91 Å². The van der Waals surface area contributed by atoms with E-state index < -0.39 is 6.04 Å². The van der Waals surface area contributed by atoms with Crippen LogP contribution in [0.4, 0.5) is 5.69 Å². The van der Waals surface area contributed by atoms with Crippen molar-refractivity contribution in [3.63, 3.8) is 0 Å². The van der Waals surface area contributed by atoms with Crippen molar-refractivity contribution in [1.29, 1.82) is 0 Å². The van der Waals surface area contributed by atoms with Crippen molar-refractivity contribution >= 4 is 11.6 Å². The molecule has 88 valence electrons. The zero-order valence-electron chi connectivity index (χ0n) is 10.0. The average Bonchev–Trinajstić information content (AvgIpc) is 2.16. The minimum atomic E-state index is -0.458. The number of nitrogens with one attached hydrogen (secondary N) is 1. The maximum atomic E-state index is 11.7. The van der Waals surface area contributed by atoms with E-state index in [1.165, 1.54) is 0 Å². The first-order chi connectivity index (χ1) is 7.49. The molecule has 0 fully saturated rings. The fourth-order valence-corrected chi connectivity index (χ4v) is 1.47. The molecule has 0 unspecified atom stereocenters. The van der Waals surface area contributed by atoms with Gasteiger partial charge in [-0.2, -0.15) is 0 Å². The lowest BCUT2D eigenvalue weighted by Crippen LogP contribution is -2.36. The minimum absolute atomic E-state index is 0.152. The van der Waals surface area contributed by atoms with Crippen molar-refractivity contribution in [2.75, 3.05) is 5.32 Å². The number of hydrogen-bond acceptors (Lipinski definition) is 3. The van der Waals surface area contributed by atoms with Gasteiger partial charge in [-0.1, -0.05) is 13.8 Å². The fourth-order valence-electron chi connectivity index (χ4n) is 1.47. The molecule has 0 saturated heterocycles. The molecule has 4 heteroatoms. The van der Waals surface area contributed by atoms with Gasteiger partial charge in [0, 0.05) is 6.20 Å². The van der Waals surface area contributed by atoms with Crippen LogP contribution in [0.25, 0.3) is 0 Å². The van der Waals surface area contributed by atoms with Crippen LogP contribution in [0.2, 0.25) is 0 Å². The number of aromatic nitrogens is 1. The van der Waals surface area contributed by atoms with Gasteiger partial charge in [-0.25, -0.2) is 0 Å². The number of pyridine rings is 1. The highest BCUT2D eigenvalue weighted by atomic mass is 16.2. The van der Waals surface area contributed by atoms with Crippen LogP contribution in [0, 0.1) is 12.8 Å². The Morgan fingerprint density at radius 1 is 1.50 bits per heavy atom. The number of carbonyl (C=O) groups is 1. The molecule has 16 heavy (non-hydrogen) atoms. The lowest BCUT2D eigenvalue weighted by atomic mass is 10.0. The zero-order chi connectivity index (χ0) is 12.1. The zero-order valence-corrected chi connectivity index (χ0v) is 10.0. The first-order valence-electron chi connectivity index (χ1n) is 5.47. The maximum Gasteiger partial charge on any atom is 0.241 e. The van der Waals surface area contributed by atoms with E-state index in [1.54, 1.807) is 12.4 Å². The van der Waals surface area contributed by atoms with Gasteiger partial charge in [-0.15, -0.1) is 0 Å². The average molecular weight is 221 g/mol. The van der Waals surface area contributed by atoms with E-state index in [2.05, 4.69) is 10.3 Å². The number of nitrogens with two attached hydrogens (primary N) is 1. The summed E-state index contributed by atoms with van der Waals surface area (Å²) in [4.78, 5) is 15.7. The number of nitrogens with zero attached hydrogens (tertiary/aromatic N) is 1. The number of aryl methyl sites for hydroxylation is 1. The first kappa shape index (κ1) is 12.6. The smallest absolute Gasteiger partial charge is 0.241 e. The summed E-state index contributed by atoms with van der Waals surface area (Å²) in [6.07, 6.45) is 4.04. The van der Waals surface area contributed by atoms with E-state index in [0.29, 0.717) is 18.0 Å². The van der Waals surface area contributed by atoms with Crippen molar-refractivity contribution in [1.82, 2.24) is 4.98 Å². The Kier molecular flexibility index (Phi) is 4.43. The molecule has 1 aromatic heterocycles. The van der Waals surface area contributed by atoms with Crippen molar-refractivity contribution < 1.29 is 4.79 Å². The Balaban J connectivity index is 2.57. The largest absolute Gasteiger partial charge is 0.323 e. The Labute approximate surface area is 96.3 Å². The Morgan fingerprint density at radius 2 is 2.19 bits per heavy atom. The van der Waals surface area contributed by atoms with Crippen molar-refractivity contribution in [2.45, 2.75) is 33.2 Å². The van der Waals surface area contributed by atoms with E-state index >= 15 is 0 Å². The number of amides is 1. The van der Waals surface area contributed by atoms with E-state index in [0.717, 1.165) is 5.56 Å². The van der Waals surface area contributed by atoms with Gasteiger partial charge in [0.25, 0.3) is 0 Å². The molecule has 1 heterocycles. The lowest BCUT2D eigenvalue weighted by Gasteiger charge is -2.14. The molecule has 0 aromatic carbocycles. The summed E-state index contributed by atoms with van der Waals surface area (Å²) >= 11 is 0. The summed E-state index contributed by atoms with van der Waals surface area (Å²) in [6, 6.07) is 1.41. The molecular weight excluding hydrogens is 202 g/mol. The van der Waals surface area contributed by atoms with Crippen LogP contribution in [0.5, 0.6) is 0 Å². The van der Waals surface area contributed by atoms with Gasteiger partial charge < -0.3 is 11.1 Å². The van der Waals surface area contributed by atoms with Gasteiger partial charge in [0.15, 0.2) is 0 Å². The molecule has 0 spiro atoms. The van der Waals surface area contributed by atoms with Crippen LogP contribution in [0.15, 0.2) is 18.5 Å². The Hall–Kier alpha value is -1.42. The molecule has 0 radical (unpaired) electrons. The highest BCUT2D eigenvalue weighted by molar-refractivity contribution is 5.94. The molecule has 4 nitrogen and oxygen atoms in total. The lowest BCUT2D eigenvalue weighted by molar-refractivity contribution is -0.117. The highest BCUT2D eigenvalue weighted by Crippen LogP contribution is 2.09. The molecule has 3 N–H and O–H groups in total. The standard InChI is InChI=1S/C12H19N3O/c1-8(2)4-11(13)12(16)15-10-5-9(3)6-14-7-10/h5-8,11H,4,13H2,1-3H3,(H,15,16)/t11-/m0/s1. The highest BCUT2D eigenvalue weighted by Gasteiger charge is 2.14. The monoisotopic (exact) mass is 221 g/mol. The van der Waals surface area contributed by atoms with Gasteiger partial charge in [0.05, 0.1) is 17.9 Å². The number of anilines is 1. The third-order valence-electron chi connectivity index (χ3n) is 2.20. The van der Waals surface area contributed by atoms with Crippen molar-refractivity contribution in [2.24, 2.45) is 11.7 Å². The second-order valence-corrected chi connectivity index (χ2v) is 4.48. The van der Waals surface area contributed by atoms with Crippen LogP contribution in [-0.2, 0) is 4.79 Å². The minimum Gasteiger partial charge on any atom is -0.323 e.